The molecule has 0 saturated carbocycles. The van der Waals surface area contributed by atoms with E-state index in [9.17, 15) is 4.79 Å². The summed E-state index contributed by atoms with van der Waals surface area (Å²) in [6, 6.07) is 9.63. The highest BCUT2D eigenvalue weighted by Gasteiger charge is 2.21. The Labute approximate surface area is 140 Å². The first-order valence-electron chi connectivity index (χ1n) is 7.62. The molecule has 2 amide bonds. The molecule has 1 aromatic heterocycles. The Bertz CT molecular complexity index is 661. The van der Waals surface area contributed by atoms with Crippen LogP contribution < -0.4 is 5.32 Å². The van der Waals surface area contributed by atoms with Crippen molar-refractivity contribution in [3.63, 3.8) is 0 Å². The molecule has 7 heteroatoms. The van der Waals surface area contributed by atoms with Gasteiger partial charge in [0.05, 0.1) is 6.20 Å². The number of benzene rings is 1. The summed E-state index contributed by atoms with van der Waals surface area (Å²) in [6.07, 6.45) is 1.67. The van der Waals surface area contributed by atoms with Gasteiger partial charge in [-0.15, -0.1) is 0 Å². The summed E-state index contributed by atoms with van der Waals surface area (Å²) in [5, 5.41) is 7.69. The number of nitrogens with one attached hydrogen (secondary N) is 1. The number of halogens is 1. The molecule has 1 saturated heterocycles. The molecular weight excluding hydrogens is 314 g/mol. The molecule has 0 aliphatic carbocycles. The predicted octanol–water partition coefficient (Wildman–Crippen LogP) is 2.42. The molecule has 1 fully saturated rings. The minimum atomic E-state index is -0.0697. The second-order valence-electron chi connectivity index (χ2n) is 5.66. The number of amides is 2. The average Bonchev–Trinajstić information content (AvgIpc) is 2.95. The second kappa shape index (κ2) is 7.02. The van der Waals surface area contributed by atoms with Gasteiger partial charge in [0.25, 0.3) is 0 Å². The van der Waals surface area contributed by atoms with Crippen molar-refractivity contribution in [3.05, 3.63) is 47.1 Å². The van der Waals surface area contributed by atoms with Crippen molar-refractivity contribution in [2.75, 3.05) is 31.5 Å². The number of carbonyl (C=O) groups excluding carboxylic acids is 1. The Morgan fingerprint density at radius 3 is 2.48 bits per heavy atom. The summed E-state index contributed by atoms with van der Waals surface area (Å²) in [4.78, 5) is 16.4. The Hall–Kier alpha value is -2.05. The van der Waals surface area contributed by atoms with E-state index in [1.807, 2.05) is 29.2 Å². The third-order valence-electron chi connectivity index (χ3n) is 4.03. The number of urea groups is 1. The zero-order valence-corrected chi connectivity index (χ0v) is 13.8. The number of anilines is 1. The van der Waals surface area contributed by atoms with E-state index in [4.69, 9.17) is 11.6 Å². The maximum atomic E-state index is 12.3. The topological polar surface area (TPSA) is 53.4 Å². The molecule has 0 radical (unpaired) electrons. The Kier molecular flexibility index (Phi) is 4.83. The van der Waals surface area contributed by atoms with E-state index in [0.717, 1.165) is 37.7 Å². The van der Waals surface area contributed by atoms with Crippen LogP contribution in [0, 0.1) is 0 Å². The lowest BCUT2D eigenvalue weighted by molar-refractivity contribution is 0.143. The molecule has 6 nitrogen and oxygen atoms in total. The van der Waals surface area contributed by atoms with Crippen LogP contribution in [0.15, 0.2) is 36.5 Å². The van der Waals surface area contributed by atoms with E-state index in [1.54, 1.807) is 24.0 Å². The van der Waals surface area contributed by atoms with E-state index in [2.05, 4.69) is 15.3 Å². The van der Waals surface area contributed by atoms with E-state index in [0.29, 0.717) is 5.82 Å². The predicted molar refractivity (Wildman–Crippen MR) is 90.5 cm³/mol. The van der Waals surface area contributed by atoms with Gasteiger partial charge in [-0.05, 0) is 17.7 Å². The summed E-state index contributed by atoms with van der Waals surface area (Å²) in [6.45, 7) is 4.05. The summed E-state index contributed by atoms with van der Waals surface area (Å²) >= 11 is 5.91. The Morgan fingerprint density at radius 2 is 1.87 bits per heavy atom. The van der Waals surface area contributed by atoms with Crippen molar-refractivity contribution >= 4 is 23.4 Å². The third-order valence-corrected chi connectivity index (χ3v) is 4.29. The van der Waals surface area contributed by atoms with Crippen molar-refractivity contribution < 1.29 is 4.79 Å². The molecular formula is C16H20ClN5O. The number of hydrogen-bond donors (Lipinski definition) is 1. The van der Waals surface area contributed by atoms with Gasteiger partial charge in [0.2, 0.25) is 0 Å². The van der Waals surface area contributed by atoms with Crippen LogP contribution in [0.2, 0.25) is 5.02 Å². The number of aryl methyl sites for hydroxylation is 1. The van der Waals surface area contributed by atoms with Gasteiger partial charge < -0.3 is 4.90 Å². The maximum Gasteiger partial charge on any atom is 0.323 e. The first-order valence-corrected chi connectivity index (χ1v) is 8.00. The zero-order valence-electron chi connectivity index (χ0n) is 13.1. The normalized spacial score (nSPS) is 15.7. The van der Waals surface area contributed by atoms with Gasteiger partial charge in [0.15, 0.2) is 0 Å². The molecule has 1 aromatic carbocycles. The van der Waals surface area contributed by atoms with Crippen LogP contribution in [0.1, 0.15) is 5.56 Å². The summed E-state index contributed by atoms with van der Waals surface area (Å²) in [7, 11) is 1.81. The molecule has 0 atom stereocenters. The van der Waals surface area contributed by atoms with E-state index < -0.39 is 0 Å². The fourth-order valence-corrected chi connectivity index (χ4v) is 2.77. The maximum absolute atomic E-state index is 12.3. The number of nitrogens with zero attached hydrogens (tertiary/aromatic N) is 4. The first-order chi connectivity index (χ1) is 11.1. The lowest BCUT2D eigenvalue weighted by Gasteiger charge is -2.34. The average molecular weight is 334 g/mol. The number of piperazine rings is 1. The molecule has 0 bridgehead atoms. The highest BCUT2D eigenvalue weighted by Crippen LogP contribution is 2.13. The highest BCUT2D eigenvalue weighted by molar-refractivity contribution is 6.30. The van der Waals surface area contributed by atoms with Crippen LogP contribution in [0.25, 0.3) is 0 Å². The fourth-order valence-electron chi connectivity index (χ4n) is 2.64. The van der Waals surface area contributed by atoms with E-state index in [1.165, 1.54) is 5.56 Å². The van der Waals surface area contributed by atoms with Gasteiger partial charge >= 0.3 is 6.03 Å². The van der Waals surface area contributed by atoms with Crippen molar-refractivity contribution in [2.45, 2.75) is 6.54 Å². The fraction of sp³-hybridized carbons (Fsp3) is 0.375. The summed E-state index contributed by atoms with van der Waals surface area (Å²) < 4.78 is 1.65. The van der Waals surface area contributed by atoms with Crippen molar-refractivity contribution in [1.29, 1.82) is 0 Å². The molecule has 0 spiro atoms. The quantitative estimate of drug-likeness (QED) is 0.938. The minimum Gasteiger partial charge on any atom is -0.322 e. The van der Waals surface area contributed by atoms with Crippen LogP contribution in [-0.2, 0) is 13.6 Å². The van der Waals surface area contributed by atoms with Crippen molar-refractivity contribution in [2.24, 2.45) is 7.05 Å². The van der Waals surface area contributed by atoms with Gasteiger partial charge in [-0.1, -0.05) is 23.7 Å². The molecule has 0 unspecified atom stereocenters. The van der Waals surface area contributed by atoms with Crippen molar-refractivity contribution in [1.82, 2.24) is 19.6 Å². The zero-order chi connectivity index (χ0) is 16.2. The van der Waals surface area contributed by atoms with Gasteiger partial charge in [0.1, 0.15) is 5.82 Å². The molecule has 1 N–H and O–H groups in total. The standard InChI is InChI=1S/C16H20ClN5O/c1-20-15(6-7-18-20)19-16(23)22-10-8-21(9-11-22)12-13-2-4-14(17)5-3-13/h2-7H,8-12H2,1H3,(H,19,23). The monoisotopic (exact) mass is 333 g/mol. The first kappa shape index (κ1) is 15.8. The molecule has 23 heavy (non-hydrogen) atoms. The Morgan fingerprint density at radius 1 is 1.17 bits per heavy atom. The van der Waals surface area contributed by atoms with Crippen LogP contribution in [-0.4, -0.2) is 51.8 Å². The highest BCUT2D eigenvalue weighted by atomic mass is 35.5. The van der Waals surface area contributed by atoms with Crippen LogP contribution in [0.5, 0.6) is 0 Å². The number of hydrogen-bond acceptors (Lipinski definition) is 3. The third kappa shape index (κ3) is 4.03. The van der Waals surface area contributed by atoms with Gasteiger partial charge in [-0.25, -0.2) is 4.79 Å². The van der Waals surface area contributed by atoms with E-state index >= 15 is 0 Å². The molecule has 2 heterocycles. The van der Waals surface area contributed by atoms with Crippen LogP contribution in [0.4, 0.5) is 10.6 Å². The van der Waals surface area contributed by atoms with E-state index in [-0.39, 0.29) is 6.03 Å². The van der Waals surface area contributed by atoms with Gasteiger partial charge in [-0.2, -0.15) is 5.10 Å². The van der Waals surface area contributed by atoms with Crippen LogP contribution >= 0.6 is 11.6 Å². The molecule has 2 aromatic rings. The molecule has 3 rings (SSSR count). The second-order valence-corrected chi connectivity index (χ2v) is 6.10. The largest absolute Gasteiger partial charge is 0.323 e. The molecule has 1 aliphatic rings. The lowest BCUT2D eigenvalue weighted by atomic mass is 10.2. The van der Waals surface area contributed by atoms with Gasteiger partial charge in [-0.3, -0.25) is 14.9 Å². The molecule has 122 valence electrons. The summed E-state index contributed by atoms with van der Waals surface area (Å²) in [5.74, 6) is 0.707. The smallest absolute Gasteiger partial charge is 0.322 e. The summed E-state index contributed by atoms with van der Waals surface area (Å²) in [5.41, 5.74) is 1.24. The van der Waals surface area contributed by atoms with Crippen LogP contribution in [0.3, 0.4) is 0 Å². The minimum absolute atomic E-state index is 0.0697. The molecule has 1 aliphatic heterocycles. The lowest BCUT2D eigenvalue weighted by Crippen LogP contribution is -2.49. The van der Waals surface area contributed by atoms with Crippen molar-refractivity contribution in [3.8, 4) is 0 Å². The number of aromatic nitrogens is 2. The number of rotatable bonds is 3. The Balaban J connectivity index is 1.49. The SMILES string of the molecule is Cn1nccc1NC(=O)N1CCN(Cc2ccc(Cl)cc2)CC1. The number of carbonyl (C=O) groups is 1. The van der Waals surface area contributed by atoms with Gasteiger partial charge in [0, 0.05) is 50.9 Å².